The fourth-order valence-electron chi connectivity index (χ4n) is 3.14. The zero-order valence-electron chi connectivity index (χ0n) is 14.5. The predicted molar refractivity (Wildman–Crippen MR) is 89.6 cm³/mol. The van der Waals surface area contributed by atoms with Gasteiger partial charge in [0, 0.05) is 0 Å². The highest BCUT2D eigenvalue weighted by atomic mass is 19.1. The van der Waals surface area contributed by atoms with E-state index in [9.17, 15) is 4.39 Å². The van der Waals surface area contributed by atoms with Crippen molar-refractivity contribution in [2.24, 2.45) is 5.92 Å². The Labute approximate surface area is 138 Å². The minimum Gasteiger partial charge on any atom is -0.490 e. The molecule has 0 atom stereocenters. The first kappa shape index (κ1) is 16.8. The molecule has 1 aliphatic carbocycles. The molecule has 1 saturated heterocycles. The zero-order valence-corrected chi connectivity index (χ0v) is 14.5. The van der Waals surface area contributed by atoms with Crippen LogP contribution in [0.1, 0.15) is 53.4 Å². The maximum absolute atomic E-state index is 14.0. The van der Waals surface area contributed by atoms with E-state index in [-0.39, 0.29) is 5.82 Å². The molecular formula is C18H26BFO3. The van der Waals surface area contributed by atoms with Crippen molar-refractivity contribution < 1.29 is 18.4 Å². The second-order valence-corrected chi connectivity index (χ2v) is 7.74. The van der Waals surface area contributed by atoms with Gasteiger partial charge in [-0.25, -0.2) is 4.39 Å². The van der Waals surface area contributed by atoms with E-state index in [4.69, 9.17) is 14.0 Å². The summed E-state index contributed by atoms with van der Waals surface area (Å²) in [6.07, 6.45) is 4.87. The SMILES string of the molecule is CC1(C)OB(c2ccc(F)c(OCC3CCCC3)c2)OC1(C)C. The number of halogens is 1. The first-order valence-electron chi connectivity index (χ1n) is 8.56. The van der Waals surface area contributed by atoms with Gasteiger partial charge in [-0.05, 0) is 64.1 Å². The van der Waals surface area contributed by atoms with Gasteiger partial charge >= 0.3 is 7.12 Å². The van der Waals surface area contributed by atoms with Gasteiger partial charge in [0.05, 0.1) is 17.8 Å². The standard InChI is InChI=1S/C18H26BFO3/c1-17(2)18(3,4)23-19(22-17)14-9-10-15(20)16(11-14)21-12-13-7-5-6-8-13/h9-11,13H,5-8,12H2,1-4H3. The summed E-state index contributed by atoms with van der Waals surface area (Å²) >= 11 is 0. The van der Waals surface area contributed by atoms with Crippen LogP contribution in [0.25, 0.3) is 0 Å². The summed E-state index contributed by atoms with van der Waals surface area (Å²) in [6.45, 7) is 8.62. The van der Waals surface area contributed by atoms with Gasteiger partial charge in [-0.1, -0.05) is 18.9 Å². The van der Waals surface area contributed by atoms with E-state index in [0.29, 0.717) is 18.3 Å². The molecule has 126 valence electrons. The normalized spacial score (nSPS) is 23.4. The summed E-state index contributed by atoms with van der Waals surface area (Å²) in [5.74, 6) is 0.516. The molecule has 0 amide bonds. The highest BCUT2D eigenvalue weighted by molar-refractivity contribution is 6.62. The Balaban J connectivity index is 1.72. The molecule has 1 aliphatic heterocycles. The summed E-state index contributed by atoms with van der Waals surface area (Å²) in [5, 5.41) is 0. The van der Waals surface area contributed by atoms with Crippen LogP contribution in [-0.4, -0.2) is 24.9 Å². The molecule has 2 aliphatic rings. The maximum atomic E-state index is 14.0. The molecule has 1 saturated carbocycles. The fraction of sp³-hybridized carbons (Fsp3) is 0.667. The van der Waals surface area contributed by atoms with Crippen LogP contribution < -0.4 is 10.2 Å². The van der Waals surface area contributed by atoms with Gasteiger partial charge in [0.2, 0.25) is 0 Å². The largest absolute Gasteiger partial charge is 0.494 e. The average Bonchev–Trinajstić information content (AvgIpc) is 3.05. The fourth-order valence-corrected chi connectivity index (χ4v) is 3.14. The van der Waals surface area contributed by atoms with Crippen LogP contribution in [0.15, 0.2) is 18.2 Å². The summed E-state index contributed by atoms with van der Waals surface area (Å²) in [6, 6.07) is 4.86. The Kier molecular flexibility index (Phi) is 4.45. The van der Waals surface area contributed by atoms with Crippen molar-refractivity contribution in [1.82, 2.24) is 0 Å². The van der Waals surface area contributed by atoms with Crippen molar-refractivity contribution in [3.63, 3.8) is 0 Å². The first-order chi connectivity index (χ1) is 10.8. The highest BCUT2D eigenvalue weighted by Crippen LogP contribution is 2.36. The molecule has 0 N–H and O–H groups in total. The summed E-state index contributed by atoms with van der Waals surface area (Å²) < 4.78 is 31.8. The molecule has 5 heteroatoms. The van der Waals surface area contributed by atoms with Crippen LogP contribution >= 0.6 is 0 Å². The molecule has 0 unspecified atom stereocenters. The van der Waals surface area contributed by atoms with Gasteiger partial charge in [-0.15, -0.1) is 0 Å². The molecule has 1 heterocycles. The molecule has 3 nitrogen and oxygen atoms in total. The van der Waals surface area contributed by atoms with E-state index in [1.165, 1.54) is 31.7 Å². The van der Waals surface area contributed by atoms with E-state index >= 15 is 0 Å². The third kappa shape index (κ3) is 3.41. The zero-order chi connectivity index (χ0) is 16.7. The van der Waals surface area contributed by atoms with Crippen LogP contribution in [0.3, 0.4) is 0 Å². The Morgan fingerprint density at radius 3 is 2.35 bits per heavy atom. The predicted octanol–water partition coefficient (Wildman–Crippen LogP) is 3.69. The number of ether oxygens (including phenoxy) is 1. The van der Waals surface area contributed by atoms with E-state index in [1.54, 1.807) is 12.1 Å². The molecule has 1 aromatic carbocycles. The van der Waals surface area contributed by atoms with Crippen LogP contribution in [0, 0.1) is 11.7 Å². The van der Waals surface area contributed by atoms with Crippen molar-refractivity contribution in [2.45, 2.75) is 64.6 Å². The van der Waals surface area contributed by atoms with Crippen LogP contribution in [0.4, 0.5) is 4.39 Å². The van der Waals surface area contributed by atoms with Crippen LogP contribution in [0.2, 0.25) is 0 Å². The van der Waals surface area contributed by atoms with Gasteiger partial charge < -0.3 is 14.0 Å². The lowest BCUT2D eigenvalue weighted by Gasteiger charge is -2.32. The highest BCUT2D eigenvalue weighted by Gasteiger charge is 2.51. The van der Waals surface area contributed by atoms with Crippen molar-refractivity contribution in [2.75, 3.05) is 6.61 Å². The number of rotatable bonds is 4. The van der Waals surface area contributed by atoms with Crippen molar-refractivity contribution in [1.29, 1.82) is 0 Å². The molecule has 23 heavy (non-hydrogen) atoms. The lowest BCUT2D eigenvalue weighted by Crippen LogP contribution is -2.41. The van der Waals surface area contributed by atoms with Gasteiger partial charge in [-0.3, -0.25) is 0 Å². The third-order valence-electron chi connectivity index (χ3n) is 5.43. The summed E-state index contributed by atoms with van der Waals surface area (Å²) in [5.41, 5.74) is -0.0140. The Bertz CT molecular complexity index is 551. The van der Waals surface area contributed by atoms with E-state index in [1.807, 2.05) is 27.7 Å². The molecule has 0 aromatic heterocycles. The Hall–Kier alpha value is -1.07. The molecule has 0 radical (unpaired) electrons. The molecule has 0 bridgehead atoms. The average molecular weight is 320 g/mol. The molecule has 3 rings (SSSR count). The molecular weight excluding hydrogens is 294 g/mol. The van der Waals surface area contributed by atoms with E-state index < -0.39 is 18.3 Å². The second-order valence-electron chi connectivity index (χ2n) is 7.74. The van der Waals surface area contributed by atoms with Crippen molar-refractivity contribution in [3.05, 3.63) is 24.0 Å². The quantitative estimate of drug-likeness (QED) is 0.792. The Morgan fingerprint density at radius 1 is 1.13 bits per heavy atom. The summed E-state index contributed by atoms with van der Waals surface area (Å²) in [7, 11) is -0.491. The second kappa shape index (κ2) is 6.10. The number of hydrogen-bond acceptors (Lipinski definition) is 3. The van der Waals surface area contributed by atoms with Crippen molar-refractivity contribution in [3.8, 4) is 5.75 Å². The molecule has 0 spiro atoms. The van der Waals surface area contributed by atoms with Gasteiger partial charge in [0.25, 0.3) is 0 Å². The van der Waals surface area contributed by atoms with Crippen LogP contribution in [-0.2, 0) is 9.31 Å². The van der Waals surface area contributed by atoms with Gasteiger partial charge in [-0.2, -0.15) is 0 Å². The monoisotopic (exact) mass is 320 g/mol. The lowest BCUT2D eigenvalue weighted by atomic mass is 9.79. The lowest BCUT2D eigenvalue weighted by molar-refractivity contribution is 0.00578. The van der Waals surface area contributed by atoms with Crippen molar-refractivity contribution >= 4 is 12.6 Å². The van der Waals surface area contributed by atoms with Gasteiger partial charge in [0.15, 0.2) is 11.6 Å². The topological polar surface area (TPSA) is 27.7 Å². The third-order valence-corrected chi connectivity index (χ3v) is 5.43. The molecule has 2 fully saturated rings. The van der Waals surface area contributed by atoms with Gasteiger partial charge in [0.1, 0.15) is 0 Å². The smallest absolute Gasteiger partial charge is 0.490 e. The van der Waals surface area contributed by atoms with E-state index in [0.717, 1.165) is 5.46 Å². The minimum absolute atomic E-state index is 0.295. The van der Waals surface area contributed by atoms with Crippen LogP contribution in [0.5, 0.6) is 5.75 Å². The minimum atomic E-state index is -0.491. The maximum Gasteiger partial charge on any atom is 0.494 e. The number of benzene rings is 1. The Morgan fingerprint density at radius 2 is 1.74 bits per heavy atom. The molecule has 1 aromatic rings. The van der Waals surface area contributed by atoms with E-state index in [2.05, 4.69) is 0 Å². The summed E-state index contributed by atoms with van der Waals surface area (Å²) in [4.78, 5) is 0. The number of hydrogen-bond donors (Lipinski definition) is 0. The first-order valence-corrected chi connectivity index (χ1v) is 8.56.